The molecule has 0 aromatic carbocycles. The molecular formula is C14H28N2O2. The monoisotopic (exact) mass is 256 g/mol. The number of nitrogens with zero attached hydrogens (tertiary/aromatic N) is 1. The molecule has 0 saturated carbocycles. The summed E-state index contributed by atoms with van der Waals surface area (Å²) in [7, 11) is 1.46. The molecule has 1 N–H and O–H groups in total. The molecule has 0 amide bonds. The van der Waals surface area contributed by atoms with E-state index in [2.05, 4.69) is 24.1 Å². The molecule has 0 bridgehead atoms. The molecule has 0 aromatic heterocycles. The SMILES string of the molecule is CCN(CC1CCCCN1)C(C)C(C)C(=O)OC. The zero-order chi connectivity index (χ0) is 13.5. The van der Waals surface area contributed by atoms with E-state index in [-0.39, 0.29) is 17.9 Å². The van der Waals surface area contributed by atoms with Gasteiger partial charge in [0, 0.05) is 18.6 Å². The van der Waals surface area contributed by atoms with E-state index in [1.807, 2.05) is 6.92 Å². The third kappa shape index (κ3) is 4.25. The number of likely N-dealkylation sites (N-methyl/N-ethyl adjacent to an activating group) is 1. The number of carbonyl (C=O) groups is 1. The normalized spacial score (nSPS) is 23.7. The van der Waals surface area contributed by atoms with E-state index in [9.17, 15) is 4.79 Å². The lowest BCUT2D eigenvalue weighted by Crippen LogP contribution is -2.49. The van der Waals surface area contributed by atoms with Crippen molar-refractivity contribution in [1.29, 1.82) is 0 Å². The van der Waals surface area contributed by atoms with Crippen LogP contribution in [0.1, 0.15) is 40.0 Å². The van der Waals surface area contributed by atoms with Gasteiger partial charge in [0.15, 0.2) is 0 Å². The summed E-state index contributed by atoms with van der Waals surface area (Å²) < 4.78 is 4.84. The molecule has 1 saturated heterocycles. The van der Waals surface area contributed by atoms with Gasteiger partial charge in [0.05, 0.1) is 13.0 Å². The molecule has 1 aliphatic rings. The van der Waals surface area contributed by atoms with Crippen molar-refractivity contribution in [2.24, 2.45) is 5.92 Å². The molecule has 1 aliphatic heterocycles. The summed E-state index contributed by atoms with van der Waals surface area (Å²) in [5.41, 5.74) is 0. The van der Waals surface area contributed by atoms with Crippen LogP contribution < -0.4 is 5.32 Å². The highest BCUT2D eigenvalue weighted by molar-refractivity contribution is 5.72. The van der Waals surface area contributed by atoms with Crippen LogP contribution >= 0.6 is 0 Å². The van der Waals surface area contributed by atoms with E-state index < -0.39 is 0 Å². The molecule has 0 spiro atoms. The largest absolute Gasteiger partial charge is 0.469 e. The molecule has 3 atom stereocenters. The zero-order valence-corrected chi connectivity index (χ0v) is 12.2. The first-order valence-corrected chi connectivity index (χ1v) is 7.15. The Kier molecular flexibility index (Phi) is 6.65. The number of carbonyl (C=O) groups excluding carboxylic acids is 1. The maximum Gasteiger partial charge on any atom is 0.309 e. The Hall–Kier alpha value is -0.610. The molecular weight excluding hydrogens is 228 g/mol. The van der Waals surface area contributed by atoms with Crippen LogP contribution in [-0.4, -0.2) is 49.7 Å². The predicted octanol–water partition coefficient (Wildman–Crippen LogP) is 1.65. The fraction of sp³-hybridized carbons (Fsp3) is 0.929. The van der Waals surface area contributed by atoms with Gasteiger partial charge < -0.3 is 10.1 Å². The first-order valence-electron chi connectivity index (χ1n) is 7.15. The van der Waals surface area contributed by atoms with Crippen LogP contribution in [0.2, 0.25) is 0 Å². The molecule has 0 aromatic rings. The number of methoxy groups -OCH3 is 1. The lowest BCUT2D eigenvalue weighted by atomic mass is 9.99. The second kappa shape index (κ2) is 7.74. The van der Waals surface area contributed by atoms with Gasteiger partial charge in [-0.2, -0.15) is 0 Å². The third-order valence-corrected chi connectivity index (χ3v) is 4.15. The fourth-order valence-electron chi connectivity index (χ4n) is 2.65. The van der Waals surface area contributed by atoms with E-state index in [1.165, 1.54) is 26.4 Å². The highest BCUT2D eigenvalue weighted by atomic mass is 16.5. The Labute approximate surface area is 111 Å². The standard InChI is InChI=1S/C14H28N2O2/c1-5-16(10-13-8-6-7-9-15-13)12(3)11(2)14(17)18-4/h11-13,15H,5-10H2,1-4H3. The van der Waals surface area contributed by atoms with Gasteiger partial charge in [0.1, 0.15) is 0 Å². The number of esters is 1. The van der Waals surface area contributed by atoms with Gasteiger partial charge in [-0.3, -0.25) is 9.69 Å². The van der Waals surface area contributed by atoms with Crippen LogP contribution in [-0.2, 0) is 9.53 Å². The van der Waals surface area contributed by atoms with Crippen LogP contribution in [0.25, 0.3) is 0 Å². The van der Waals surface area contributed by atoms with Crippen molar-refractivity contribution in [3.05, 3.63) is 0 Å². The van der Waals surface area contributed by atoms with Crippen LogP contribution in [0.4, 0.5) is 0 Å². The molecule has 4 nitrogen and oxygen atoms in total. The molecule has 0 radical (unpaired) electrons. The van der Waals surface area contributed by atoms with Crippen molar-refractivity contribution < 1.29 is 9.53 Å². The minimum Gasteiger partial charge on any atom is -0.469 e. The summed E-state index contributed by atoms with van der Waals surface area (Å²) in [6, 6.07) is 0.803. The number of hydrogen-bond acceptors (Lipinski definition) is 4. The van der Waals surface area contributed by atoms with Gasteiger partial charge in [0.25, 0.3) is 0 Å². The molecule has 1 rings (SSSR count). The highest BCUT2D eigenvalue weighted by Crippen LogP contribution is 2.15. The maximum absolute atomic E-state index is 11.6. The van der Waals surface area contributed by atoms with E-state index in [0.29, 0.717) is 6.04 Å². The first kappa shape index (κ1) is 15.4. The number of piperidine rings is 1. The summed E-state index contributed by atoms with van der Waals surface area (Å²) in [6.45, 7) is 9.35. The number of ether oxygens (including phenoxy) is 1. The minimum absolute atomic E-state index is 0.0708. The predicted molar refractivity (Wildman–Crippen MR) is 73.5 cm³/mol. The van der Waals surface area contributed by atoms with E-state index in [1.54, 1.807) is 0 Å². The average molecular weight is 256 g/mol. The van der Waals surface area contributed by atoms with Crippen molar-refractivity contribution in [2.75, 3.05) is 26.7 Å². The summed E-state index contributed by atoms with van der Waals surface area (Å²) in [5.74, 6) is -0.184. The molecule has 1 fully saturated rings. The second-order valence-electron chi connectivity index (χ2n) is 5.29. The summed E-state index contributed by atoms with van der Waals surface area (Å²) in [6.07, 6.45) is 3.85. The summed E-state index contributed by atoms with van der Waals surface area (Å²) >= 11 is 0. The number of nitrogens with one attached hydrogen (secondary N) is 1. The van der Waals surface area contributed by atoms with E-state index in [0.717, 1.165) is 19.6 Å². The van der Waals surface area contributed by atoms with Gasteiger partial charge in [-0.05, 0) is 32.9 Å². The van der Waals surface area contributed by atoms with Gasteiger partial charge in [-0.15, -0.1) is 0 Å². The molecule has 0 aliphatic carbocycles. The van der Waals surface area contributed by atoms with Crippen LogP contribution in [0, 0.1) is 5.92 Å². The first-order chi connectivity index (χ1) is 8.60. The van der Waals surface area contributed by atoms with Crippen LogP contribution in [0.5, 0.6) is 0 Å². The zero-order valence-electron chi connectivity index (χ0n) is 12.2. The average Bonchev–Trinajstić information content (AvgIpc) is 2.43. The van der Waals surface area contributed by atoms with Crippen LogP contribution in [0.15, 0.2) is 0 Å². The van der Waals surface area contributed by atoms with Crippen molar-refractivity contribution in [2.45, 2.75) is 52.1 Å². The third-order valence-electron chi connectivity index (χ3n) is 4.15. The quantitative estimate of drug-likeness (QED) is 0.734. The van der Waals surface area contributed by atoms with Crippen molar-refractivity contribution in [1.82, 2.24) is 10.2 Å². The molecule has 106 valence electrons. The Morgan fingerprint density at radius 2 is 2.17 bits per heavy atom. The van der Waals surface area contributed by atoms with Crippen molar-refractivity contribution >= 4 is 5.97 Å². The number of rotatable bonds is 6. The van der Waals surface area contributed by atoms with Gasteiger partial charge in [-0.1, -0.05) is 20.3 Å². The van der Waals surface area contributed by atoms with Crippen LogP contribution in [0.3, 0.4) is 0 Å². The topological polar surface area (TPSA) is 41.6 Å². The second-order valence-corrected chi connectivity index (χ2v) is 5.29. The maximum atomic E-state index is 11.6. The Balaban J connectivity index is 2.50. The van der Waals surface area contributed by atoms with Crippen molar-refractivity contribution in [3.63, 3.8) is 0 Å². The lowest BCUT2D eigenvalue weighted by Gasteiger charge is -2.35. The number of hydrogen-bond donors (Lipinski definition) is 1. The van der Waals surface area contributed by atoms with Gasteiger partial charge in [0.2, 0.25) is 0 Å². The summed E-state index contributed by atoms with van der Waals surface area (Å²) in [5, 5.41) is 3.56. The van der Waals surface area contributed by atoms with Crippen molar-refractivity contribution in [3.8, 4) is 0 Å². The lowest BCUT2D eigenvalue weighted by molar-refractivity contribution is -0.147. The highest BCUT2D eigenvalue weighted by Gasteiger charge is 2.27. The van der Waals surface area contributed by atoms with Gasteiger partial charge >= 0.3 is 5.97 Å². The molecule has 18 heavy (non-hydrogen) atoms. The summed E-state index contributed by atoms with van der Waals surface area (Å²) in [4.78, 5) is 14.0. The molecule has 1 heterocycles. The fourth-order valence-corrected chi connectivity index (χ4v) is 2.65. The van der Waals surface area contributed by atoms with E-state index in [4.69, 9.17) is 4.74 Å². The Bertz CT molecular complexity index is 252. The Morgan fingerprint density at radius 3 is 2.67 bits per heavy atom. The minimum atomic E-state index is -0.113. The van der Waals surface area contributed by atoms with E-state index >= 15 is 0 Å². The smallest absolute Gasteiger partial charge is 0.309 e. The van der Waals surface area contributed by atoms with Gasteiger partial charge in [-0.25, -0.2) is 0 Å². The molecule has 4 heteroatoms. The molecule has 3 unspecified atom stereocenters. The Morgan fingerprint density at radius 1 is 1.44 bits per heavy atom.